The molecule has 3 heteroatoms. The topological polar surface area (TPSA) is 15.3 Å². The predicted molar refractivity (Wildman–Crippen MR) is 79.0 cm³/mol. The summed E-state index contributed by atoms with van der Waals surface area (Å²) in [5.74, 6) is 0.476. The number of nitrogens with zero attached hydrogens (tertiary/aromatic N) is 1. The molecule has 19 heavy (non-hydrogen) atoms. The van der Waals surface area contributed by atoms with Gasteiger partial charge in [-0.25, -0.2) is 4.39 Å². The molecule has 0 amide bonds. The lowest BCUT2D eigenvalue weighted by Crippen LogP contribution is -2.30. The third-order valence-electron chi connectivity index (χ3n) is 3.45. The summed E-state index contributed by atoms with van der Waals surface area (Å²) in [5, 5.41) is 3.23. The number of rotatable bonds is 7. The van der Waals surface area contributed by atoms with Gasteiger partial charge in [-0.05, 0) is 43.0 Å². The first-order chi connectivity index (χ1) is 9.11. The predicted octanol–water partition coefficient (Wildman–Crippen LogP) is 3.56. The Kier molecular flexibility index (Phi) is 4.81. The van der Waals surface area contributed by atoms with E-state index in [9.17, 15) is 4.39 Å². The quantitative estimate of drug-likeness (QED) is 0.810. The zero-order valence-corrected chi connectivity index (χ0v) is 12.2. The van der Waals surface area contributed by atoms with Crippen LogP contribution in [-0.4, -0.2) is 19.1 Å². The van der Waals surface area contributed by atoms with Crippen LogP contribution < -0.4 is 10.2 Å². The number of benzene rings is 1. The van der Waals surface area contributed by atoms with Crippen molar-refractivity contribution in [2.24, 2.45) is 5.92 Å². The molecular weight excluding hydrogens is 239 g/mol. The van der Waals surface area contributed by atoms with E-state index >= 15 is 0 Å². The van der Waals surface area contributed by atoms with E-state index in [4.69, 9.17) is 0 Å². The van der Waals surface area contributed by atoms with Crippen molar-refractivity contribution < 1.29 is 4.39 Å². The van der Waals surface area contributed by atoms with Crippen molar-refractivity contribution in [3.63, 3.8) is 0 Å². The lowest BCUT2D eigenvalue weighted by Gasteiger charge is -2.27. The number of hydrogen-bond acceptors (Lipinski definition) is 2. The second-order valence-corrected chi connectivity index (χ2v) is 5.84. The number of anilines is 1. The Morgan fingerprint density at radius 2 is 2.11 bits per heavy atom. The number of hydrogen-bond donors (Lipinski definition) is 1. The van der Waals surface area contributed by atoms with Crippen molar-refractivity contribution in [2.45, 2.75) is 46.2 Å². The van der Waals surface area contributed by atoms with Crippen LogP contribution in [0.5, 0.6) is 0 Å². The van der Waals surface area contributed by atoms with Crippen LogP contribution in [0.2, 0.25) is 0 Å². The van der Waals surface area contributed by atoms with Crippen molar-refractivity contribution in [3.8, 4) is 0 Å². The summed E-state index contributed by atoms with van der Waals surface area (Å²) in [4.78, 5) is 2.25. The SMILES string of the molecule is CCNCc1ccc(N(CC(C)C)C2CC2)c(F)c1. The molecule has 2 rings (SSSR count). The first-order valence-corrected chi connectivity index (χ1v) is 7.37. The molecule has 1 N–H and O–H groups in total. The van der Waals surface area contributed by atoms with Gasteiger partial charge in [0, 0.05) is 19.1 Å². The van der Waals surface area contributed by atoms with E-state index < -0.39 is 0 Å². The molecule has 0 aromatic heterocycles. The number of nitrogens with one attached hydrogen (secondary N) is 1. The molecule has 1 aromatic carbocycles. The van der Waals surface area contributed by atoms with Crippen LogP contribution in [0.25, 0.3) is 0 Å². The summed E-state index contributed by atoms with van der Waals surface area (Å²) in [7, 11) is 0. The Bertz CT molecular complexity index is 413. The maximum atomic E-state index is 14.3. The highest BCUT2D eigenvalue weighted by molar-refractivity contribution is 5.51. The standard InChI is InChI=1S/C16H25FN2/c1-4-18-10-13-5-8-16(15(17)9-13)19(11-12(2)3)14-6-7-14/h5,8-9,12,14,18H,4,6-7,10-11H2,1-3H3. The molecule has 1 aromatic rings. The van der Waals surface area contributed by atoms with E-state index in [1.807, 2.05) is 12.1 Å². The lowest BCUT2D eigenvalue weighted by atomic mass is 10.1. The molecular formula is C16H25FN2. The van der Waals surface area contributed by atoms with Crippen LogP contribution in [-0.2, 0) is 6.54 Å². The van der Waals surface area contributed by atoms with Gasteiger partial charge in [0.1, 0.15) is 5.82 Å². The van der Waals surface area contributed by atoms with Gasteiger partial charge in [0.2, 0.25) is 0 Å². The van der Waals surface area contributed by atoms with Gasteiger partial charge in [0.15, 0.2) is 0 Å². The van der Waals surface area contributed by atoms with E-state index in [2.05, 4.69) is 31.0 Å². The number of halogens is 1. The van der Waals surface area contributed by atoms with Crippen molar-refractivity contribution >= 4 is 5.69 Å². The highest BCUT2D eigenvalue weighted by atomic mass is 19.1. The van der Waals surface area contributed by atoms with E-state index in [0.717, 1.165) is 30.9 Å². The third-order valence-corrected chi connectivity index (χ3v) is 3.45. The minimum atomic E-state index is -0.0806. The van der Waals surface area contributed by atoms with E-state index in [1.165, 1.54) is 12.8 Å². The minimum Gasteiger partial charge on any atom is -0.366 e. The van der Waals surface area contributed by atoms with Gasteiger partial charge in [0.25, 0.3) is 0 Å². The van der Waals surface area contributed by atoms with E-state index in [1.54, 1.807) is 6.07 Å². The van der Waals surface area contributed by atoms with Crippen molar-refractivity contribution in [2.75, 3.05) is 18.0 Å². The van der Waals surface area contributed by atoms with Gasteiger partial charge in [-0.1, -0.05) is 26.8 Å². The largest absolute Gasteiger partial charge is 0.366 e. The Morgan fingerprint density at radius 3 is 2.63 bits per heavy atom. The van der Waals surface area contributed by atoms with Crippen LogP contribution in [0, 0.1) is 11.7 Å². The van der Waals surface area contributed by atoms with Gasteiger partial charge >= 0.3 is 0 Å². The highest BCUT2D eigenvalue weighted by Gasteiger charge is 2.30. The average molecular weight is 264 g/mol. The molecule has 1 fully saturated rings. The molecule has 0 heterocycles. The molecule has 0 aliphatic heterocycles. The fourth-order valence-electron chi connectivity index (χ4n) is 2.39. The average Bonchev–Trinajstić information content (AvgIpc) is 3.18. The Hall–Kier alpha value is -1.09. The minimum absolute atomic E-state index is 0.0806. The zero-order chi connectivity index (χ0) is 13.8. The molecule has 106 valence electrons. The maximum absolute atomic E-state index is 14.3. The monoisotopic (exact) mass is 264 g/mol. The lowest BCUT2D eigenvalue weighted by molar-refractivity contribution is 0.576. The second kappa shape index (κ2) is 6.38. The van der Waals surface area contributed by atoms with E-state index in [-0.39, 0.29) is 5.82 Å². The van der Waals surface area contributed by atoms with Crippen LogP contribution in [0.3, 0.4) is 0 Å². The van der Waals surface area contributed by atoms with Crippen LogP contribution in [0.1, 0.15) is 39.2 Å². The highest BCUT2D eigenvalue weighted by Crippen LogP contribution is 2.34. The Morgan fingerprint density at radius 1 is 1.37 bits per heavy atom. The zero-order valence-electron chi connectivity index (χ0n) is 12.2. The van der Waals surface area contributed by atoms with Crippen LogP contribution >= 0.6 is 0 Å². The summed E-state index contributed by atoms with van der Waals surface area (Å²) < 4.78 is 14.3. The molecule has 0 bridgehead atoms. The molecule has 1 aliphatic rings. The van der Waals surface area contributed by atoms with Gasteiger partial charge in [-0.3, -0.25) is 0 Å². The fourth-order valence-corrected chi connectivity index (χ4v) is 2.39. The summed E-state index contributed by atoms with van der Waals surface area (Å²) in [6.45, 7) is 9.02. The maximum Gasteiger partial charge on any atom is 0.146 e. The fraction of sp³-hybridized carbons (Fsp3) is 0.625. The summed E-state index contributed by atoms with van der Waals surface area (Å²) in [6.07, 6.45) is 2.40. The van der Waals surface area contributed by atoms with Crippen molar-refractivity contribution in [3.05, 3.63) is 29.6 Å². The summed E-state index contributed by atoms with van der Waals surface area (Å²) in [6, 6.07) is 6.21. The molecule has 0 unspecified atom stereocenters. The molecule has 0 saturated heterocycles. The summed E-state index contributed by atoms with van der Waals surface area (Å²) in [5.41, 5.74) is 1.79. The molecule has 0 atom stereocenters. The van der Waals surface area contributed by atoms with Crippen molar-refractivity contribution in [1.82, 2.24) is 5.32 Å². The van der Waals surface area contributed by atoms with Crippen LogP contribution in [0.4, 0.5) is 10.1 Å². The van der Waals surface area contributed by atoms with Gasteiger partial charge in [0.05, 0.1) is 5.69 Å². The normalized spacial score (nSPS) is 15.0. The first-order valence-electron chi connectivity index (χ1n) is 7.37. The molecule has 2 nitrogen and oxygen atoms in total. The van der Waals surface area contributed by atoms with Crippen LogP contribution in [0.15, 0.2) is 18.2 Å². The second-order valence-electron chi connectivity index (χ2n) is 5.84. The van der Waals surface area contributed by atoms with Gasteiger partial charge < -0.3 is 10.2 Å². The van der Waals surface area contributed by atoms with Gasteiger partial charge in [-0.15, -0.1) is 0 Å². The Labute approximate surface area is 116 Å². The van der Waals surface area contributed by atoms with Crippen molar-refractivity contribution in [1.29, 1.82) is 0 Å². The van der Waals surface area contributed by atoms with E-state index in [0.29, 0.717) is 12.0 Å². The molecule has 1 aliphatic carbocycles. The third kappa shape index (κ3) is 3.93. The molecule has 1 saturated carbocycles. The summed E-state index contributed by atoms with van der Waals surface area (Å²) >= 11 is 0. The smallest absolute Gasteiger partial charge is 0.146 e. The molecule has 0 radical (unpaired) electrons. The first kappa shape index (κ1) is 14.3. The Balaban J connectivity index is 2.13. The molecule has 0 spiro atoms. The van der Waals surface area contributed by atoms with Gasteiger partial charge in [-0.2, -0.15) is 0 Å².